The molecule has 0 unspecified atom stereocenters. The molecule has 24 heavy (non-hydrogen) atoms. The van der Waals surface area contributed by atoms with Crippen molar-refractivity contribution in [1.82, 2.24) is 4.98 Å². The normalized spacial score (nSPS) is 13.6. The third-order valence-electron chi connectivity index (χ3n) is 4.50. The summed E-state index contributed by atoms with van der Waals surface area (Å²) in [6.45, 7) is 6.63. The lowest BCUT2D eigenvalue weighted by Gasteiger charge is -2.19. The van der Waals surface area contributed by atoms with Crippen LogP contribution >= 0.6 is 0 Å². The van der Waals surface area contributed by atoms with E-state index >= 15 is 0 Å². The number of benzene rings is 1. The average molecular weight is 325 g/mol. The molecule has 3 rings (SSSR count). The summed E-state index contributed by atoms with van der Waals surface area (Å²) in [5, 5.41) is 0. The number of carbonyl (C=O) groups excluding carboxylic acids is 1. The lowest BCUT2D eigenvalue weighted by atomic mass is 9.87. The van der Waals surface area contributed by atoms with E-state index < -0.39 is 5.97 Å². The Morgan fingerprint density at radius 3 is 2.54 bits per heavy atom. The van der Waals surface area contributed by atoms with E-state index in [-0.39, 0.29) is 23.1 Å². The van der Waals surface area contributed by atoms with Crippen LogP contribution in [-0.2, 0) is 29.6 Å². The van der Waals surface area contributed by atoms with Crippen LogP contribution in [0.25, 0.3) is 0 Å². The third kappa shape index (κ3) is 3.42. The predicted octanol–water partition coefficient (Wildman–Crippen LogP) is 3.52. The number of aromatic amines is 1. The Labute approximate surface area is 141 Å². The Balaban J connectivity index is 1.69. The molecular formula is C20H23NO3. The van der Waals surface area contributed by atoms with E-state index in [4.69, 9.17) is 4.74 Å². The monoisotopic (exact) mass is 325 g/mol. The molecule has 0 aliphatic heterocycles. The number of esters is 1. The molecule has 2 aromatic rings. The van der Waals surface area contributed by atoms with Crippen LogP contribution in [-0.4, -0.2) is 11.0 Å². The maximum atomic E-state index is 12.2. The fraction of sp³-hybridized carbons (Fsp3) is 0.400. The van der Waals surface area contributed by atoms with Crippen molar-refractivity contribution in [3.8, 4) is 0 Å². The summed E-state index contributed by atoms with van der Waals surface area (Å²) in [6.07, 6.45) is 2.80. The molecular weight excluding hydrogens is 302 g/mol. The molecule has 1 aliphatic rings. The van der Waals surface area contributed by atoms with Crippen molar-refractivity contribution in [2.75, 3.05) is 0 Å². The molecule has 0 amide bonds. The fourth-order valence-electron chi connectivity index (χ4n) is 2.99. The molecule has 126 valence electrons. The van der Waals surface area contributed by atoms with Crippen molar-refractivity contribution in [3.63, 3.8) is 0 Å². The molecule has 4 heteroatoms. The number of rotatable bonds is 3. The van der Waals surface area contributed by atoms with Gasteiger partial charge in [0.2, 0.25) is 0 Å². The van der Waals surface area contributed by atoms with E-state index in [1.54, 1.807) is 6.07 Å². The van der Waals surface area contributed by atoms with Gasteiger partial charge in [-0.05, 0) is 47.4 Å². The number of hydrogen-bond acceptors (Lipinski definition) is 3. The van der Waals surface area contributed by atoms with Crippen molar-refractivity contribution in [1.29, 1.82) is 0 Å². The van der Waals surface area contributed by atoms with Crippen LogP contribution in [0.1, 0.15) is 59.9 Å². The van der Waals surface area contributed by atoms with Gasteiger partial charge in [-0.1, -0.05) is 45.0 Å². The van der Waals surface area contributed by atoms with E-state index in [1.807, 2.05) is 24.3 Å². The zero-order valence-corrected chi connectivity index (χ0v) is 14.4. The number of carbonyl (C=O) groups is 1. The standard InChI is InChI=1S/C20H23NO3/c1-20(2,3)15-9-7-13(8-10-15)12-24-19(23)16-11-14-5-4-6-17(14)21-18(16)22/h7-11H,4-6,12H2,1-3H3,(H,21,22). The quantitative estimate of drug-likeness (QED) is 0.879. The van der Waals surface area contributed by atoms with E-state index in [0.717, 1.165) is 36.1 Å². The van der Waals surface area contributed by atoms with E-state index in [0.29, 0.717) is 0 Å². The van der Waals surface area contributed by atoms with Crippen LogP contribution in [0.5, 0.6) is 0 Å². The minimum atomic E-state index is -0.564. The maximum absolute atomic E-state index is 12.2. The molecule has 0 bridgehead atoms. The van der Waals surface area contributed by atoms with Gasteiger partial charge in [0.25, 0.3) is 5.56 Å². The zero-order chi connectivity index (χ0) is 17.3. The van der Waals surface area contributed by atoms with Crippen LogP contribution in [0, 0.1) is 0 Å². The second-order valence-electron chi connectivity index (χ2n) is 7.39. The molecule has 1 N–H and O–H groups in total. The molecule has 0 atom stereocenters. The average Bonchev–Trinajstić information content (AvgIpc) is 2.98. The lowest BCUT2D eigenvalue weighted by Crippen LogP contribution is -2.21. The number of pyridine rings is 1. The Bertz CT molecular complexity index is 810. The summed E-state index contributed by atoms with van der Waals surface area (Å²) >= 11 is 0. The Hall–Kier alpha value is -2.36. The van der Waals surface area contributed by atoms with Crippen LogP contribution in [0.4, 0.5) is 0 Å². The lowest BCUT2D eigenvalue weighted by molar-refractivity contribution is 0.0470. The van der Waals surface area contributed by atoms with Gasteiger partial charge in [-0.2, -0.15) is 0 Å². The first-order valence-corrected chi connectivity index (χ1v) is 8.36. The fourth-order valence-corrected chi connectivity index (χ4v) is 2.99. The summed E-state index contributed by atoms with van der Waals surface area (Å²) in [4.78, 5) is 27.1. The molecule has 0 saturated heterocycles. The van der Waals surface area contributed by atoms with Gasteiger partial charge in [-0.25, -0.2) is 4.79 Å². The van der Waals surface area contributed by atoms with Crippen molar-refractivity contribution >= 4 is 5.97 Å². The van der Waals surface area contributed by atoms with Gasteiger partial charge < -0.3 is 9.72 Å². The molecule has 0 fully saturated rings. The van der Waals surface area contributed by atoms with Crippen molar-refractivity contribution in [3.05, 3.63) is 68.6 Å². The zero-order valence-electron chi connectivity index (χ0n) is 14.4. The summed E-state index contributed by atoms with van der Waals surface area (Å²) in [5.74, 6) is -0.564. The molecule has 4 nitrogen and oxygen atoms in total. The first-order valence-electron chi connectivity index (χ1n) is 8.36. The minimum absolute atomic E-state index is 0.0902. The molecule has 1 heterocycles. The van der Waals surface area contributed by atoms with Crippen LogP contribution in [0.2, 0.25) is 0 Å². The molecule has 1 aliphatic carbocycles. The van der Waals surface area contributed by atoms with Gasteiger partial charge in [0.1, 0.15) is 12.2 Å². The summed E-state index contributed by atoms with van der Waals surface area (Å²) in [5.41, 5.74) is 3.98. The summed E-state index contributed by atoms with van der Waals surface area (Å²) < 4.78 is 5.32. The number of nitrogens with one attached hydrogen (secondary N) is 1. The summed E-state index contributed by atoms with van der Waals surface area (Å²) in [7, 11) is 0. The number of aromatic nitrogens is 1. The third-order valence-corrected chi connectivity index (χ3v) is 4.50. The minimum Gasteiger partial charge on any atom is -0.457 e. The van der Waals surface area contributed by atoms with E-state index in [2.05, 4.69) is 25.8 Å². The second kappa shape index (κ2) is 6.27. The van der Waals surface area contributed by atoms with Gasteiger partial charge in [0.15, 0.2) is 0 Å². The van der Waals surface area contributed by atoms with Crippen LogP contribution in [0.3, 0.4) is 0 Å². The van der Waals surface area contributed by atoms with Gasteiger partial charge in [-0.15, -0.1) is 0 Å². The van der Waals surface area contributed by atoms with E-state index in [9.17, 15) is 9.59 Å². The number of H-pyrrole nitrogens is 1. The van der Waals surface area contributed by atoms with E-state index in [1.165, 1.54) is 5.56 Å². The highest BCUT2D eigenvalue weighted by Gasteiger charge is 2.19. The SMILES string of the molecule is CC(C)(C)c1ccc(COC(=O)c2cc3c([nH]c2=O)CCC3)cc1. The smallest absolute Gasteiger partial charge is 0.344 e. The highest BCUT2D eigenvalue weighted by molar-refractivity contribution is 5.89. The number of hydrogen-bond donors (Lipinski definition) is 1. The first kappa shape index (κ1) is 16.5. The van der Waals surface area contributed by atoms with Crippen molar-refractivity contribution < 1.29 is 9.53 Å². The predicted molar refractivity (Wildman–Crippen MR) is 93.3 cm³/mol. The van der Waals surface area contributed by atoms with Gasteiger partial charge in [0.05, 0.1) is 0 Å². The molecule has 0 spiro atoms. The van der Waals surface area contributed by atoms with Gasteiger partial charge >= 0.3 is 5.97 Å². The maximum Gasteiger partial charge on any atom is 0.344 e. The summed E-state index contributed by atoms with van der Waals surface area (Å²) in [6, 6.07) is 9.70. The Morgan fingerprint density at radius 2 is 1.88 bits per heavy atom. The molecule has 0 saturated carbocycles. The highest BCUT2D eigenvalue weighted by Crippen LogP contribution is 2.22. The van der Waals surface area contributed by atoms with Crippen molar-refractivity contribution in [2.24, 2.45) is 0 Å². The number of ether oxygens (including phenoxy) is 1. The van der Waals surface area contributed by atoms with Crippen molar-refractivity contribution in [2.45, 2.75) is 52.1 Å². The van der Waals surface area contributed by atoms with Gasteiger partial charge in [0, 0.05) is 5.69 Å². The van der Waals surface area contributed by atoms with Crippen LogP contribution in [0.15, 0.2) is 35.1 Å². The number of aryl methyl sites for hydroxylation is 2. The van der Waals surface area contributed by atoms with Crippen LogP contribution < -0.4 is 5.56 Å². The molecule has 1 aromatic heterocycles. The second-order valence-corrected chi connectivity index (χ2v) is 7.39. The Morgan fingerprint density at radius 1 is 1.17 bits per heavy atom. The Kier molecular flexibility index (Phi) is 4.31. The topological polar surface area (TPSA) is 59.2 Å². The highest BCUT2D eigenvalue weighted by atomic mass is 16.5. The van der Waals surface area contributed by atoms with Gasteiger partial charge in [-0.3, -0.25) is 4.79 Å². The molecule has 0 radical (unpaired) electrons. The number of fused-ring (bicyclic) bond motifs is 1. The first-order chi connectivity index (χ1) is 11.3. The largest absolute Gasteiger partial charge is 0.457 e. The molecule has 1 aromatic carbocycles.